The molecule has 1 aromatic carbocycles. The molecule has 0 heterocycles. The predicted molar refractivity (Wildman–Crippen MR) is 69.0 cm³/mol. The summed E-state index contributed by atoms with van der Waals surface area (Å²) < 4.78 is 18.4. The van der Waals surface area contributed by atoms with Gasteiger partial charge in [-0.3, -0.25) is 4.90 Å². The molecule has 102 valence electrons. The number of rotatable bonds is 7. The number of aliphatic hydroxyl groups is 1. The summed E-state index contributed by atoms with van der Waals surface area (Å²) in [5, 5.41) is 9.65. The number of methoxy groups -OCH3 is 1. The smallest absolute Gasteiger partial charge is 0.123 e. The van der Waals surface area contributed by atoms with Gasteiger partial charge in [-0.15, -0.1) is 0 Å². The van der Waals surface area contributed by atoms with E-state index in [1.807, 2.05) is 11.9 Å². The van der Waals surface area contributed by atoms with E-state index in [1.165, 1.54) is 12.1 Å². The van der Waals surface area contributed by atoms with Crippen molar-refractivity contribution in [1.29, 1.82) is 0 Å². The van der Waals surface area contributed by atoms with Gasteiger partial charge in [-0.05, 0) is 38.2 Å². The van der Waals surface area contributed by atoms with Gasteiger partial charge in [-0.25, -0.2) is 4.39 Å². The highest BCUT2D eigenvalue weighted by molar-refractivity contribution is 5.33. The maximum Gasteiger partial charge on any atom is 0.123 e. The first-order valence-electron chi connectivity index (χ1n) is 5.96. The third-order valence-corrected chi connectivity index (χ3v) is 2.71. The van der Waals surface area contributed by atoms with Crippen LogP contribution >= 0.6 is 0 Å². The summed E-state index contributed by atoms with van der Waals surface area (Å²) in [5.41, 5.74) is 6.14. The van der Waals surface area contributed by atoms with Crippen LogP contribution in [0.25, 0.3) is 0 Å². The van der Waals surface area contributed by atoms with E-state index in [0.29, 0.717) is 31.8 Å². The summed E-state index contributed by atoms with van der Waals surface area (Å²) >= 11 is 0. The first-order valence-corrected chi connectivity index (χ1v) is 5.96. The van der Waals surface area contributed by atoms with Crippen LogP contribution < -0.4 is 10.5 Å². The van der Waals surface area contributed by atoms with E-state index in [0.717, 1.165) is 5.56 Å². The van der Waals surface area contributed by atoms with Crippen molar-refractivity contribution in [2.24, 2.45) is 5.73 Å². The average molecular weight is 256 g/mol. The molecular weight excluding hydrogens is 235 g/mol. The first-order chi connectivity index (χ1) is 8.56. The van der Waals surface area contributed by atoms with Crippen molar-refractivity contribution in [3.05, 3.63) is 29.6 Å². The quantitative estimate of drug-likeness (QED) is 0.763. The Morgan fingerprint density at radius 3 is 2.83 bits per heavy atom. The fourth-order valence-corrected chi connectivity index (χ4v) is 1.87. The maximum absolute atomic E-state index is 13.2. The van der Waals surface area contributed by atoms with Crippen molar-refractivity contribution in [1.82, 2.24) is 4.90 Å². The van der Waals surface area contributed by atoms with Crippen molar-refractivity contribution in [3.8, 4) is 5.75 Å². The highest BCUT2D eigenvalue weighted by Gasteiger charge is 2.11. The second-order valence-electron chi connectivity index (χ2n) is 4.38. The van der Waals surface area contributed by atoms with Crippen LogP contribution in [0.2, 0.25) is 0 Å². The van der Waals surface area contributed by atoms with Gasteiger partial charge >= 0.3 is 0 Å². The number of nitrogens with zero attached hydrogens (tertiary/aromatic N) is 1. The van der Waals surface area contributed by atoms with E-state index in [2.05, 4.69) is 0 Å². The number of nitrogens with two attached hydrogens (primary N) is 1. The fraction of sp³-hybridized carbons (Fsp3) is 0.538. The molecule has 18 heavy (non-hydrogen) atoms. The summed E-state index contributed by atoms with van der Waals surface area (Å²) in [6.07, 6.45) is 0.101. The Bertz CT molecular complexity index is 374. The molecule has 3 N–H and O–H groups in total. The van der Waals surface area contributed by atoms with E-state index >= 15 is 0 Å². The van der Waals surface area contributed by atoms with Crippen LogP contribution in [0, 0.1) is 5.82 Å². The molecule has 1 atom stereocenters. The molecule has 0 radical (unpaired) electrons. The molecular formula is C13H21FN2O2. The molecule has 0 aliphatic carbocycles. The number of hydrogen-bond acceptors (Lipinski definition) is 4. The van der Waals surface area contributed by atoms with Gasteiger partial charge in [0.15, 0.2) is 0 Å². The van der Waals surface area contributed by atoms with Crippen LogP contribution in [0.15, 0.2) is 18.2 Å². The summed E-state index contributed by atoms with van der Waals surface area (Å²) in [7, 11) is 3.42. The van der Waals surface area contributed by atoms with Gasteiger partial charge in [0.25, 0.3) is 0 Å². The standard InChI is InChI=1S/C13H21FN2O2/c1-16(9-12(17)5-6-15)8-10-7-11(14)3-4-13(10)18-2/h3-4,7,12,17H,5-6,8-9,15H2,1-2H3. The van der Waals surface area contributed by atoms with Crippen molar-refractivity contribution in [2.75, 3.05) is 27.2 Å². The second kappa shape index (κ2) is 7.31. The Hall–Kier alpha value is -1.17. The molecule has 1 aromatic rings. The third kappa shape index (κ3) is 4.60. The lowest BCUT2D eigenvalue weighted by Gasteiger charge is -2.21. The van der Waals surface area contributed by atoms with Gasteiger partial charge in [0.2, 0.25) is 0 Å². The van der Waals surface area contributed by atoms with Crippen LogP contribution in [0.4, 0.5) is 4.39 Å². The number of aliphatic hydroxyl groups excluding tert-OH is 1. The summed E-state index contributed by atoms with van der Waals surface area (Å²) in [6, 6.07) is 4.42. The predicted octanol–water partition coefficient (Wildman–Crippen LogP) is 0.976. The zero-order valence-electron chi connectivity index (χ0n) is 10.9. The lowest BCUT2D eigenvalue weighted by Crippen LogP contribution is -2.30. The number of benzene rings is 1. The molecule has 0 spiro atoms. The van der Waals surface area contributed by atoms with Gasteiger partial charge in [0, 0.05) is 18.7 Å². The number of hydrogen-bond donors (Lipinski definition) is 2. The highest BCUT2D eigenvalue weighted by Crippen LogP contribution is 2.20. The van der Waals surface area contributed by atoms with Crippen LogP contribution in [0.5, 0.6) is 5.75 Å². The third-order valence-electron chi connectivity index (χ3n) is 2.71. The van der Waals surface area contributed by atoms with E-state index in [-0.39, 0.29) is 5.82 Å². The van der Waals surface area contributed by atoms with Crippen LogP contribution in [0.3, 0.4) is 0 Å². The van der Waals surface area contributed by atoms with E-state index in [1.54, 1.807) is 13.2 Å². The van der Waals surface area contributed by atoms with Crippen molar-refractivity contribution >= 4 is 0 Å². The first kappa shape index (κ1) is 14.9. The van der Waals surface area contributed by atoms with Gasteiger partial charge < -0.3 is 15.6 Å². The maximum atomic E-state index is 13.2. The molecule has 5 heteroatoms. The van der Waals surface area contributed by atoms with E-state index in [4.69, 9.17) is 10.5 Å². The molecule has 0 aliphatic heterocycles. The number of ether oxygens (including phenoxy) is 1. The molecule has 0 amide bonds. The van der Waals surface area contributed by atoms with Gasteiger partial charge in [0.1, 0.15) is 11.6 Å². The van der Waals surface area contributed by atoms with Crippen molar-refractivity contribution in [2.45, 2.75) is 19.1 Å². The lowest BCUT2D eigenvalue weighted by molar-refractivity contribution is 0.116. The summed E-state index contributed by atoms with van der Waals surface area (Å²) in [4.78, 5) is 1.91. The summed E-state index contributed by atoms with van der Waals surface area (Å²) in [5.74, 6) is 0.360. The molecule has 0 fully saturated rings. The van der Waals surface area contributed by atoms with Crippen molar-refractivity contribution < 1.29 is 14.2 Å². The van der Waals surface area contributed by atoms with Gasteiger partial charge in [0.05, 0.1) is 13.2 Å². The Morgan fingerprint density at radius 1 is 1.50 bits per heavy atom. The SMILES string of the molecule is COc1ccc(F)cc1CN(C)CC(O)CCN. The van der Waals surface area contributed by atoms with E-state index in [9.17, 15) is 9.50 Å². The number of halogens is 1. The number of likely N-dealkylation sites (N-methyl/N-ethyl adjacent to an activating group) is 1. The average Bonchev–Trinajstić information content (AvgIpc) is 2.29. The van der Waals surface area contributed by atoms with Gasteiger partial charge in [-0.1, -0.05) is 0 Å². The van der Waals surface area contributed by atoms with Crippen LogP contribution in [-0.2, 0) is 6.54 Å². The van der Waals surface area contributed by atoms with Crippen molar-refractivity contribution in [3.63, 3.8) is 0 Å². The highest BCUT2D eigenvalue weighted by atomic mass is 19.1. The second-order valence-corrected chi connectivity index (χ2v) is 4.38. The summed E-state index contributed by atoms with van der Waals surface area (Å²) in [6.45, 7) is 1.47. The molecule has 0 aliphatic rings. The Kier molecular flexibility index (Phi) is 6.04. The Labute approximate surface area is 107 Å². The topological polar surface area (TPSA) is 58.7 Å². The lowest BCUT2D eigenvalue weighted by atomic mass is 10.1. The molecule has 0 bridgehead atoms. The molecule has 1 unspecified atom stereocenters. The molecule has 4 nitrogen and oxygen atoms in total. The molecule has 0 aromatic heterocycles. The molecule has 1 rings (SSSR count). The monoisotopic (exact) mass is 256 g/mol. The zero-order valence-corrected chi connectivity index (χ0v) is 10.9. The minimum Gasteiger partial charge on any atom is -0.496 e. The Morgan fingerprint density at radius 2 is 2.22 bits per heavy atom. The zero-order chi connectivity index (χ0) is 13.5. The largest absolute Gasteiger partial charge is 0.496 e. The van der Waals surface area contributed by atoms with Gasteiger partial charge in [-0.2, -0.15) is 0 Å². The fourth-order valence-electron chi connectivity index (χ4n) is 1.87. The van der Waals surface area contributed by atoms with Crippen LogP contribution in [0.1, 0.15) is 12.0 Å². The van der Waals surface area contributed by atoms with E-state index < -0.39 is 6.10 Å². The normalized spacial score (nSPS) is 12.8. The van der Waals surface area contributed by atoms with Crippen LogP contribution in [-0.4, -0.2) is 43.4 Å². The Balaban J connectivity index is 2.63. The molecule has 0 saturated heterocycles. The minimum absolute atomic E-state index is 0.290. The molecule has 0 saturated carbocycles. The minimum atomic E-state index is -0.459.